The van der Waals surface area contributed by atoms with E-state index in [1.54, 1.807) is 0 Å². The quantitative estimate of drug-likeness (QED) is 0.484. The molecule has 30 heavy (non-hydrogen) atoms. The van der Waals surface area contributed by atoms with Gasteiger partial charge in [0.05, 0.1) is 5.25 Å². The Morgan fingerprint density at radius 2 is 1.33 bits per heavy atom. The number of nitrogens with one attached hydrogen (secondary N) is 2. The molecule has 0 saturated carbocycles. The lowest BCUT2D eigenvalue weighted by Crippen LogP contribution is -2.22. The molecule has 3 rings (SSSR count). The van der Waals surface area contributed by atoms with Crippen molar-refractivity contribution >= 4 is 35.0 Å². The van der Waals surface area contributed by atoms with Crippen LogP contribution in [0.25, 0.3) is 0 Å². The van der Waals surface area contributed by atoms with Crippen molar-refractivity contribution in [3.63, 3.8) is 0 Å². The third-order valence-electron chi connectivity index (χ3n) is 4.60. The summed E-state index contributed by atoms with van der Waals surface area (Å²) in [6, 6.07) is 21.0. The molecule has 0 bridgehead atoms. The Balaban J connectivity index is 1.57. The second-order valence-electron chi connectivity index (χ2n) is 7.47. The number of hydrogen-bond acceptors (Lipinski definition) is 3. The molecule has 1 unspecified atom stereocenters. The lowest BCUT2D eigenvalue weighted by atomic mass is 10.1. The number of hydrogen-bond donors (Lipinski definition) is 2. The lowest BCUT2D eigenvalue weighted by molar-refractivity contribution is -0.115. The van der Waals surface area contributed by atoms with E-state index in [2.05, 4.69) is 16.7 Å². The summed E-state index contributed by atoms with van der Waals surface area (Å²) in [4.78, 5) is 25.8. The monoisotopic (exact) mass is 418 g/mol. The molecular formula is C25H26N2O2S. The summed E-state index contributed by atoms with van der Waals surface area (Å²) in [6.45, 7) is 7.90. The van der Waals surface area contributed by atoms with Crippen LogP contribution in [0.1, 0.15) is 34.0 Å². The van der Waals surface area contributed by atoms with E-state index in [-0.39, 0.29) is 17.1 Å². The van der Waals surface area contributed by atoms with Gasteiger partial charge in [0.25, 0.3) is 5.91 Å². The Labute approximate surface area is 182 Å². The van der Waals surface area contributed by atoms with E-state index in [4.69, 9.17) is 0 Å². The first-order valence-electron chi connectivity index (χ1n) is 9.84. The molecule has 5 heteroatoms. The van der Waals surface area contributed by atoms with Crippen LogP contribution in [0.4, 0.5) is 11.4 Å². The van der Waals surface area contributed by atoms with Gasteiger partial charge in [-0.3, -0.25) is 9.59 Å². The zero-order valence-electron chi connectivity index (χ0n) is 17.7. The van der Waals surface area contributed by atoms with Crippen LogP contribution in [-0.2, 0) is 4.79 Å². The van der Waals surface area contributed by atoms with E-state index in [9.17, 15) is 9.59 Å². The van der Waals surface area contributed by atoms with Crippen molar-refractivity contribution in [2.45, 2.75) is 37.8 Å². The maximum absolute atomic E-state index is 12.5. The van der Waals surface area contributed by atoms with Gasteiger partial charge in [-0.05, 0) is 87.4 Å². The minimum absolute atomic E-state index is 0.0400. The number of aryl methyl sites for hydroxylation is 3. The summed E-state index contributed by atoms with van der Waals surface area (Å²) in [5, 5.41) is 5.63. The molecule has 0 spiro atoms. The molecule has 154 valence electrons. The van der Waals surface area contributed by atoms with Crippen LogP contribution >= 0.6 is 11.8 Å². The third kappa shape index (κ3) is 5.97. The van der Waals surface area contributed by atoms with Gasteiger partial charge < -0.3 is 10.6 Å². The Bertz CT molecular complexity index is 1020. The van der Waals surface area contributed by atoms with Gasteiger partial charge >= 0.3 is 0 Å². The average Bonchev–Trinajstić information content (AvgIpc) is 2.69. The van der Waals surface area contributed by atoms with Gasteiger partial charge in [-0.15, -0.1) is 11.8 Å². The number of amides is 2. The minimum atomic E-state index is -0.251. The van der Waals surface area contributed by atoms with Crippen molar-refractivity contribution in [1.29, 1.82) is 0 Å². The lowest BCUT2D eigenvalue weighted by Gasteiger charge is -2.13. The zero-order valence-corrected chi connectivity index (χ0v) is 18.5. The fourth-order valence-corrected chi connectivity index (χ4v) is 3.94. The van der Waals surface area contributed by atoms with Crippen molar-refractivity contribution < 1.29 is 9.59 Å². The number of benzene rings is 3. The van der Waals surface area contributed by atoms with Crippen LogP contribution in [0.2, 0.25) is 0 Å². The molecule has 2 N–H and O–H groups in total. The van der Waals surface area contributed by atoms with Crippen molar-refractivity contribution in [2.75, 3.05) is 10.6 Å². The van der Waals surface area contributed by atoms with Crippen molar-refractivity contribution in [1.82, 2.24) is 0 Å². The molecule has 0 radical (unpaired) electrons. The van der Waals surface area contributed by atoms with Crippen LogP contribution in [0.5, 0.6) is 0 Å². The summed E-state index contributed by atoms with van der Waals surface area (Å²) < 4.78 is 0. The van der Waals surface area contributed by atoms with Gasteiger partial charge in [0.15, 0.2) is 0 Å². The van der Waals surface area contributed by atoms with Crippen molar-refractivity contribution in [2.24, 2.45) is 0 Å². The van der Waals surface area contributed by atoms with Gasteiger partial charge in [-0.2, -0.15) is 0 Å². The number of carbonyl (C=O) groups is 2. The molecule has 0 aliphatic heterocycles. The Morgan fingerprint density at radius 3 is 1.93 bits per heavy atom. The maximum Gasteiger partial charge on any atom is 0.255 e. The molecule has 3 aromatic rings. The van der Waals surface area contributed by atoms with Gasteiger partial charge in [0.1, 0.15) is 0 Å². The van der Waals surface area contributed by atoms with E-state index in [1.165, 1.54) is 11.8 Å². The molecule has 3 aromatic carbocycles. The molecule has 4 nitrogen and oxygen atoms in total. The summed E-state index contributed by atoms with van der Waals surface area (Å²) in [6.07, 6.45) is 0. The minimum Gasteiger partial charge on any atom is -0.325 e. The predicted octanol–water partition coefficient (Wildman–Crippen LogP) is 5.98. The Kier molecular flexibility index (Phi) is 6.95. The van der Waals surface area contributed by atoms with Gasteiger partial charge in [0, 0.05) is 21.8 Å². The van der Waals surface area contributed by atoms with E-state index in [0.717, 1.165) is 33.0 Å². The van der Waals surface area contributed by atoms with Crippen LogP contribution in [0.15, 0.2) is 71.6 Å². The largest absolute Gasteiger partial charge is 0.325 e. The molecule has 0 aliphatic rings. The molecular weight excluding hydrogens is 392 g/mol. The second-order valence-corrected chi connectivity index (χ2v) is 8.88. The third-order valence-corrected chi connectivity index (χ3v) is 5.71. The van der Waals surface area contributed by atoms with E-state index >= 15 is 0 Å². The number of anilines is 2. The van der Waals surface area contributed by atoms with Crippen LogP contribution in [0.3, 0.4) is 0 Å². The molecule has 0 saturated heterocycles. The normalized spacial score (nSPS) is 11.6. The molecule has 2 amide bonds. The average molecular weight is 419 g/mol. The highest BCUT2D eigenvalue weighted by Gasteiger charge is 2.15. The summed E-state index contributed by atoms with van der Waals surface area (Å²) >= 11 is 1.48. The smallest absolute Gasteiger partial charge is 0.255 e. The van der Waals surface area contributed by atoms with E-state index in [1.807, 2.05) is 88.4 Å². The molecule has 0 heterocycles. The van der Waals surface area contributed by atoms with Crippen LogP contribution in [0, 0.1) is 20.8 Å². The molecule has 0 aromatic heterocycles. The van der Waals surface area contributed by atoms with E-state index in [0.29, 0.717) is 5.56 Å². The van der Waals surface area contributed by atoms with Gasteiger partial charge in [0.2, 0.25) is 5.91 Å². The summed E-state index contributed by atoms with van der Waals surface area (Å²) in [5.41, 5.74) is 5.51. The highest BCUT2D eigenvalue weighted by Crippen LogP contribution is 2.26. The van der Waals surface area contributed by atoms with Crippen molar-refractivity contribution in [3.05, 3.63) is 89.0 Å². The standard InChI is InChI=1S/C25H26N2O2S/c1-16-5-7-20(8-6-16)25(29)26-21-9-11-23(12-10-21)30-19(4)24(28)27-22-14-17(2)13-18(3)15-22/h5-15,19H,1-4H3,(H,26,29)(H,27,28). The topological polar surface area (TPSA) is 58.2 Å². The first-order chi connectivity index (χ1) is 14.3. The number of thioether (sulfide) groups is 1. The molecule has 0 fully saturated rings. The highest BCUT2D eigenvalue weighted by molar-refractivity contribution is 8.00. The Morgan fingerprint density at radius 1 is 0.733 bits per heavy atom. The van der Waals surface area contributed by atoms with Crippen LogP contribution < -0.4 is 10.6 Å². The van der Waals surface area contributed by atoms with E-state index < -0.39 is 0 Å². The fraction of sp³-hybridized carbons (Fsp3) is 0.200. The van der Waals surface area contributed by atoms with Gasteiger partial charge in [-0.1, -0.05) is 23.8 Å². The number of carbonyl (C=O) groups excluding carboxylic acids is 2. The highest BCUT2D eigenvalue weighted by atomic mass is 32.2. The molecule has 1 atom stereocenters. The molecule has 0 aliphatic carbocycles. The summed E-state index contributed by atoms with van der Waals surface area (Å²) in [5.74, 6) is -0.182. The zero-order chi connectivity index (χ0) is 21.7. The first-order valence-corrected chi connectivity index (χ1v) is 10.7. The maximum atomic E-state index is 12.5. The Hall–Kier alpha value is -3.05. The first kappa shape index (κ1) is 21.7. The summed E-state index contributed by atoms with van der Waals surface area (Å²) in [7, 11) is 0. The predicted molar refractivity (Wildman–Crippen MR) is 125 cm³/mol. The van der Waals surface area contributed by atoms with Gasteiger partial charge in [-0.25, -0.2) is 0 Å². The van der Waals surface area contributed by atoms with Crippen LogP contribution in [-0.4, -0.2) is 17.1 Å². The van der Waals surface area contributed by atoms with Crippen molar-refractivity contribution in [3.8, 4) is 0 Å². The SMILES string of the molecule is Cc1ccc(C(=O)Nc2ccc(SC(C)C(=O)Nc3cc(C)cc(C)c3)cc2)cc1. The number of rotatable bonds is 6. The fourth-order valence-electron chi connectivity index (χ4n) is 3.07. The second kappa shape index (κ2) is 9.63.